The summed E-state index contributed by atoms with van der Waals surface area (Å²) in [4.78, 5) is 22.4. The first-order chi connectivity index (χ1) is 7.56. The average molecular weight is 226 g/mol. The number of aliphatic carboxylic acids is 2. The standard InChI is InChI=1S/C12H18O4/c13-10(14)8-4-6-12(11(15)16)5-2-1-3-9(12)7-8/h8-9H,1-7H2,(H,13,14)(H,15,16)/t8-,9-,12-/m1/s1. The normalized spacial score (nSPS) is 38.8. The minimum atomic E-state index is -0.760. The van der Waals surface area contributed by atoms with Gasteiger partial charge in [-0.25, -0.2) is 0 Å². The summed E-state index contributed by atoms with van der Waals surface area (Å²) in [5, 5.41) is 18.4. The predicted molar refractivity (Wildman–Crippen MR) is 57.0 cm³/mol. The lowest BCUT2D eigenvalue weighted by atomic mass is 9.57. The minimum Gasteiger partial charge on any atom is -0.481 e. The molecule has 2 fully saturated rings. The molecule has 0 bridgehead atoms. The maximum absolute atomic E-state index is 11.4. The Morgan fingerprint density at radius 3 is 2.44 bits per heavy atom. The molecule has 2 rings (SSSR count). The zero-order valence-corrected chi connectivity index (χ0v) is 9.32. The van der Waals surface area contributed by atoms with Crippen LogP contribution in [0.4, 0.5) is 0 Å². The minimum absolute atomic E-state index is 0.0774. The van der Waals surface area contributed by atoms with E-state index in [-0.39, 0.29) is 11.8 Å². The fourth-order valence-electron chi connectivity index (χ4n) is 3.49. The van der Waals surface area contributed by atoms with E-state index in [9.17, 15) is 14.7 Å². The fourth-order valence-corrected chi connectivity index (χ4v) is 3.49. The van der Waals surface area contributed by atoms with Gasteiger partial charge in [0.25, 0.3) is 0 Å². The number of hydrogen-bond donors (Lipinski definition) is 2. The Morgan fingerprint density at radius 2 is 1.81 bits per heavy atom. The summed E-state index contributed by atoms with van der Waals surface area (Å²) < 4.78 is 0. The van der Waals surface area contributed by atoms with E-state index >= 15 is 0 Å². The van der Waals surface area contributed by atoms with Crippen molar-refractivity contribution in [1.29, 1.82) is 0 Å². The van der Waals surface area contributed by atoms with Crippen LogP contribution in [-0.4, -0.2) is 22.2 Å². The third-order valence-corrected chi connectivity index (χ3v) is 4.49. The molecule has 90 valence electrons. The number of carboxylic acid groups (broad SMARTS) is 2. The first kappa shape index (κ1) is 11.4. The van der Waals surface area contributed by atoms with E-state index in [4.69, 9.17) is 5.11 Å². The average Bonchev–Trinajstić information content (AvgIpc) is 2.27. The summed E-state index contributed by atoms with van der Waals surface area (Å²) >= 11 is 0. The van der Waals surface area contributed by atoms with Gasteiger partial charge in [-0.3, -0.25) is 9.59 Å². The lowest BCUT2D eigenvalue weighted by Gasteiger charge is -2.45. The van der Waals surface area contributed by atoms with Crippen LogP contribution in [0.2, 0.25) is 0 Å². The highest BCUT2D eigenvalue weighted by Crippen LogP contribution is 2.52. The molecule has 3 atom stereocenters. The lowest BCUT2D eigenvalue weighted by molar-refractivity contribution is -0.163. The van der Waals surface area contributed by atoms with E-state index in [0.717, 1.165) is 25.7 Å². The predicted octanol–water partition coefficient (Wildman–Crippen LogP) is 2.13. The molecule has 0 heterocycles. The van der Waals surface area contributed by atoms with Crippen molar-refractivity contribution in [2.24, 2.45) is 17.3 Å². The van der Waals surface area contributed by atoms with Gasteiger partial charge >= 0.3 is 11.9 Å². The first-order valence-electron chi connectivity index (χ1n) is 6.02. The number of hydrogen-bond acceptors (Lipinski definition) is 2. The van der Waals surface area contributed by atoms with Crippen molar-refractivity contribution in [2.45, 2.75) is 44.9 Å². The van der Waals surface area contributed by atoms with Gasteiger partial charge < -0.3 is 10.2 Å². The summed E-state index contributed by atoms with van der Waals surface area (Å²) in [6.07, 6.45) is 5.27. The maximum Gasteiger partial charge on any atom is 0.309 e. The molecule has 0 aromatic carbocycles. The second kappa shape index (κ2) is 4.07. The van der Waals surface area contributed by atoms with Crippen LogP contribution in [0.3, 0.4) is 0 Å². The fraction of sp³-hybridized carbons (Fsp3) is 0.833. The van der Waals surface area contributed by atoms with Gasteiger partial charge in [-0.05, 0) is 38.0 Å². The quantitative estimate of drug-likeness (QED) is 0.756. The van der Waals surface area contributed by atoms with Gasteiger partial charge in [-0.1, -0.05) is 12.8 Å². The molecule has 2 N–H and O–H groups in total. The second-order valence-corrected chi connectivity index (χ2v) is 5.21. The largest absolute Gasteiger partial charge is 0.481 e. The smallest absolute Gasteiger partial charge is 0.309 e. The molecule has 4 nitrogen and oxygen atoms in total. The molecule has 0 unspecified atom stereocenters. The van der Waals surface area contributed by atoms with Crippen LogP contribution in [0.15, 0.2) is 0 Å². The first-order valence-corrected chi connectivity index (χ1v) is 6.02. The van der Waals surface area contributed by atoms with Crippen molar-refractivity contribution < 1.29 is 19.8 Å². The molecule has 2 saturated carbocycles. The molecule has 0 aliphatic heterocycles. The zero-order chi connectivity index (χ0) is 11.8. The van der Waals surface area contributed by atoms with Crippen molar-refractivity contribution in [3.05, 3.63) is 0 Å². The molecule has 0 amide bonds. The Hall–Kier alpha value is -1.06. The molecule has 2 aliphatic carbocycles. The van der Waals surface area contributed by atoms with Crippen LogP contribution in [0.1, 0.15) is 44.9 Å². The molecular formula is C12H18O4. The van der Waals surface area contributed by atoms with Gasteiger partial charge in [0.2, 0.25) is 0 Å². The van der Waals surface area contributed by atoms with Crippen LogP contribution in [0.25, 0.3) is 0 Å². The Bertz CT molecular complexity index is 312. The lowest BCUT2D eigenvalue weighted by Crippen LogP contribution is -2.46. The van der Waals surface area contributed by atoms with E-state index in [1.807, 2.05) is 0 Å². The van der Waals surface area contributed by atoms with Crippen LogP contribution >= 0.6 is 0 Å². The molecule has 0 saturated heterocycles. The van der Waals surface area contributed by atoms with Crippen LogP contribution in [0.5, 0.6) is 0 Å². The summed E-state index contributed by atoms with van der Waals surface area (Å²) in [5.74, 6) is -1.71. The summed E-state index contributed by atoms with van der Waals surface area (Å²) in [6.45, 7) is 0. The number of fused-ring (bicyclic) bond motifs is 1. The summed E-state index contributed by atoms with van der Waals surface area (Å²) in [7, 11) is 0. The number of carbonyl (C=O) groups is 2. The molecule has 0 aromatic heterocycles. The Labute approximate surface area is 94.7 Å². The van der Waals surface area contributed by atoms with E-state index in [1.54, 1.807) is 0 Å². The van der Waals surface area contributed by atoms with Crippen LogP contribution in [0, 0.1) is 17.3 Å². The third-order valence-electron chi connectivity index (χ3n) is 4.49. The highest BCUT2D eigenvalue weighted by atomic mass is 16.4. The number of rotatable bonds is 2. The Morgan fingerprint density at radius 1 is 1.06 bits per heavy atom. The van der Waals surface area contributed by atoms with Gasteiger partial charge in [0.15, 0.2) is 0 Å². The van der Waals surface area contributed by atoms with E-state index in [1.165, 1.54) is 0 Å². The van der Waals surface area contributed by atoms with E-state index in [2.05, 4.69) is 0 Å². The maximum atomic E-state index is 11.4. The topological polar surface area (TPSA) is 74.6 Å². The summed E-state index contributed by atoms with van der Waals surface area (Å²) in [6, 6.07) is 0. The number of carboxylic acids is 2. The van der Waals surface area contributed by atoms with Gasteiger partial charge in [0.05, 0.1) is 11.3 Å². The molecule has 2 aliphatic rings. The van der Waals surface area contributed by atoms with E-state index in [0.29, 0.717) is 19.3 Å². The monoisotopic (exact) mass is 226 g/mol. The van der Waals surface area contributed by atoms with Gasteiger partial charge in [-0.2, -0.15) is 0 Å². The molecule has 0 radical (unpaired) electrons. The zero-order valence-electron chi connectivity index (χ0n) is 9.32. The second-order valence-electron chi connectivity index (χ2n) is 5.21. The highest BCUT2D eigenvalue weighted by Gasteiger charge is 2.51. The molecule has 0 spiro atoms. The third kappa shape index (κ3) is 1.70. The van der Waals surface area contributed by atoms with Crippen molar-refractivity contribution in [3.8, 4) is 0 Å². The van der Waals surface area contributed by atoms with Crippen molar-refractivity contribution in [2.75, 3.05) is 0 Å². The molecule has 16 heavy (non-hydrogen) atoms. The van der Waals surface area contributed by atoms with Crippen molar-refractivity contribution in [1.82, 2.24) is 0 Å². The SMILES string of the molecule is O=C(O)[C@@H]1CC[C@]2(C(=O)O)CCCC[C@@H]2C1. The van der Waals surface area contributed by atoms with Gasteiger partial charge in [-0.15, -0.1) is 0 Å². The molecule has 4 heteroatoms. The Kier molecular flexibility index (Phi) is 2.91. The summed E-state index contributed by atoms with van der Waals surface area (Å²) in [5.41, 5.74) is -0.607. The highest BCUT2D eigenvalue weighted by molar-refractivity contribution is 5.76. The van der Waals surface area contributed by atoms with Crippen molar-refractivity contribution >= 4 is 11.9 Å². The van der Waals surface area contributed by atoms with E-state index < -0.39 is 17.4 Å². The molecule has 0 aromatic rings. The molecular weight excluding hydrogens is 208 g/mol. The van der Waals surface area contributed by atoms with Crippen molar-refractivity contribution in [3.63, 3.8) is 0 Å². The van der Waals surface area contributed by atoms with Gasteiger partial charge in [0.1, 0.15) is 0 Å². The van der Waals surface area contributed by atoms with Crippen LogP contribution < -0.4 is 0 Å². The van der Waals surface area contributed by atoms with Gasteiger partial charge in [0, 0.05) is 0 Å². The van der Waals surface area contributed by atoms with Crippen LogP contribution in [-0.2, 0) is 9.59 Å². The Balaban J connectivity index is 2.18.